The Balaban J connectivity index is 1.82. The number of Topliss-reactive ketones (excluding diaryl/α,β-unsaturated/α-hetero) is 1. The van der Waals surface area contributed by atoms with Crippen LogP contribution in [0.25, 0.3) is 0 Å². The second-order valence-electron chi connectivity index (χ2n) is 7.46. The van der Waals surface area contributed by atoms with Crippen molar-refractivity contribution in [1.29, 1.82) is 0 Å². The Kier molecular flexibility index (Phi) is 9.71. The highest BCUT2D eigenvalue weighted by atomic mass is 19.4. The standard InChI is InChI=1S/C24H28F3NO4/c1-28-23(31)10-5-3-2-4-9-21-17(12-14-22(21)30)11-13-19(29)16-32-20-8-6-7-18(15-20)24(25,26)27/h2,4,6-8,11-13,15,19,21,29H,3,5,9-10,14,16H2,1H3,(H,28,31)/b4-2-,13-11+/t19-,21-/m1/s1. The lowest BCUT2D eigenvalue weighted by molar-refractivity contribution is -0.137. The first-order valence-electron chi connectivity index (χ1n) is 10.5. The monoisotopic (exact) mass is 451 g/mol. The van der Waals surface area contributed by atoms with Gasteiger partial charge < -0.3 is 15.2 Å². The first-order valence-corrected chi connectivity index (χ1v) is 10.5. The third kappa shape index (κ3) is 8.34. The predicted molar refractivity (Wildman–Crippen MR) is 115 cm³/mol. The number of aliphatic hydroxyl groups excluding tert-OH is 1. The van der Waals surface area contributed by atoms with E-state index in [-0.39, 0.29) is 30.0 Å². The van der Waals surface area contributed by atoms with Gasteiger partial charge in [0.05, 0.1) is 5.56 Å². The lowest BCUT2D eigenvalue weighted by atomic mass is 9.95. The van der Waals surface area contributed by atoms with Crippen LogP contribution < -0.4 is 10.1 Å². The van der Waals surface area contributed by atoms with Gasteiger partial charge in [-0.05, 0) is 43.0 Å². The minimum atomic E-state index is -4.47. The van der Waals surface area contributed by atoms with E-state index < -0.39 is 17.8 Å². The summed E-state index contributed by atoms with van der Waals surface area (Å²) >= 11 is 0. The zero-order chi connectivity index (χ0) is 23.6. The van der Waals surface area contributed by atoms with Crippen LogP contribution in [0, 0.1) is 5.92 Å². The number of alkyl halides is 3. The molecule has 0 aliphatic heterocycles. The molecule has 0 saturated heterocycles. The van der Waals surface area contributed by atoms with Gasteiger partial charge >= 0.3 is 6.18 Å². The maximum absolute atomic E-state index is 12.8. The first-order chi connectivity index (χ1) is 15.2. The molecule has 2 atom stereocenters. The number of halogens is 3. The summed E-state index contributed by atoms with van der Waals surface area (Å²) in [6, 6.07) is 4.46. The molecular weight excluding hydrogens is 423 g/mol. The van der Waals surface area contributed by atoms with Gasteiger partial charge in [0, 0.05) is 25.8 Å². The molecule has 32 heavy (non-hydrogen) atoms. The van der Waals surface area contributed by atoms with Crippen molar-refractivity contribution < 1.29 is 32.6 Å². The maximum Gasteiger partial charge on any atom is 0.416 e. The van der Waals surface area contributed by atoms with E-state index in [1.165, 1.54) is 18.2 Å². The van der Waals surface area contributed by atoms with Crippen molar-refractivity contribution in [2.75, 3.05) is 13.7 Å². The van der Waals surface area contributed by atoms with Gasteiger partial charge in [-0.15, -0.1) is 0 Å². The van der Waals surface area contributed by atoms with Gasteiger partial charge in [-0.1, -0.05) is 36.4 Å². The molecule has 1 aliphatic rings. The quantitative estimate of drug-likeness (QED) is 0.387. The largest absolute Gasteiger partial charge is 0.491 e. The number of hydrogen-bond acceptors (Lipinski definition) is 4. The molecule has 1 aliphatic carbocycles. The summed E-state index contributed by atoms with van der Waals surface area (Å²) in [5, 5.41) is 12.7. The number of unbranched alkanes of at least 4 members (excludes halogenated alkanes) is 1. The number of aliphatic hydroxyl groups is 1. The fourth-order valence-corrected chi connectivity index (χ4v) is 3.22. The number of hydrogen-bond donors (Lipinski definition) is 2. The van der Waals surface area contributed by atoms with Crippen LogP contribution in [0.1, 0.15) is 37.7 Å². The number of benzene rings is 1. The number of carbonyl (C=O) groups is 2. The van der Waals surface area contributed by atoms with E-state index in [4.69, 9.17) is 4.74 Å². The molecule has 5 nitrogen and oxygen atoms in total. The molecule has 0 bridgehead atoms. The summed E-state index contributed by atoms with van der Waals surface area (Å²) in [6.07, 6.45) is 6.10. The van der Waals surface area contributed by atoms with E-state index >= 15 is 0 Å². The van der Waals surface area contributed by atoms with Crippen molar-refractivity contribution in [2.24, 2.45) is 5.92 Å². The smallest absolute Gasteiger partial charge is 0.416 e. The van der Waals surface area contributed by atoms with Gasteiger partial charge in [0.15, 0.2) is 0 Å². The Labute approximate surface area is 185 Å². The Hall–Kier alpha value is -2.87. The molecule has 174 valence electrons. The topological polar surface area (TPSA) is 75.6 Å². The minimum Gasteiger partial charge on any atom is -0.491 e. The van der Waals surface area contributed by atoms with Crippen molar-refractivity contribution in [3.05, 3.63) is 65.8 Å². The summed E-state index contributed by atoms with van der Waals surface area (Å²) < 4.78 is 43.5. The number of ketones is 1. The average Bonchev–Trinajstić information content (AvgIpc) is 3.11. The number of allylic oxidation sites excluding steroid dienone is 5. The SMILES string of the molecule is CNC(=O)CCC/C=C\C[C@H]1C(=O)CC=C1/C=C/[C@@H](O)COc1cccc(C(F)(F)F)c1. The number of carbonyl (C=O) groups excluding carboxylic acids is 2. The fraction of sp³-hybridized carbons (Fsp3) is 0.417. The second kappa shape index (κ2) is 12.2. The van der Waals surface area contributed by atoms with Gasteiger partial charge in [-0.25, -0.2) is 0 Å². The van der Waals surface area contributed by atoms with Gasteiger partial charge in [0.2, 0.25) is 5.91 Å². The molecule has 0 radical (unpaired) electrons. The summed E-state index contributed by atoms with van der Waals surface area (Å²) in [7, 11) is 1.60. The van der Waals surface area contributed by atoms with Crippen LogP contribution in [0.2, 0.25) is 0 Å². The van der Waals surface area contributed by atoms with E-state index in [1.54, 1.807) is 13.1 Å². The minimum absolute atomic E-state index is 0.00433. The highest BCUT2D eigenvalue weighted by Crippen LogP contribution is 2.31. The van der Waals surface area contributed by atoms with E-state index in [0.29, 0.717) is 19.3 Å². The van der Waals surface area contributed by atoms with Crippen LogP contribution in [0.4, 0.5) is 13.2 Å². The predicted octanol–water partition coefficient (Wildman–Crippen LogP) is 4.38. The molecule has 1 amide bonds. The number of rotatable bonds is 11. The molecule has 0 heterocycles. The van der Waals surface area contributed by atoms with Crippen molar-refractivity contribution >= 4 is 11.7 Å². The molecule has 1 aromatic rings. The summed E-state index contributed by atoms with van der Waals surface area (Å²) in [5.74, 6) is -0.190. The van der Waals surface area contributed by atoms with Gasteiger partial charge in [-0.2, -0.15) is 13.2 Å². The van der Waals surface area contributed by atoms with Gasteiger partial charge in [0.25, 0.3) is 0 Å². The normalized spacial score (nSPS) is 17.7. The zero-order valence-corrected chi connectivity index (χ0v) is 17.9. The Morgan fingerprint density at radius 1 is 1.34 bits per heavy atom. The van der Waals surface area contributed by atoms with Crippen LogP contribution in [0.3, 0.4) is 0 Å². The third-order valence-electron chi connectivity index (χ3n) is 5.01. The molecule has 0 spiro atoms. The van der Waals surface area contributed by atoms with Crippen molar-refractivity contribution in [3.8, 4) is 5.75 Å². The molecule has 2 N–H and O–H groups in total. The van der Waals surface area contributed by atoms with E-state index in [2.05, 4.69) is 5.32 Å². The molecule has 0 saturated carbocycles. The summed E-state index contributed by atoms with van der Waals surface area (Å²) in [5.41, 5.74) is -0.0256. The number of ether oxygens (including phenoxy) is 1. The van der Waals surface area contributed by atoms with Crippen molar-refractivity contribution in [1.82, 2.24) is 5.32 Å². The highest BCUT2D eigenvalue weighted by molar-refractivity contribution is 5.89. The molecule has 2 rings (SSSR count). The molecule has 0 unspecified atom stereocenters. The van der Waals surface area contributed by atoms with Crippen LogP contribution >= 0.6 is 0 Å². The molecule has 0 aromatic heterocycles. The Bertz CT molecular complexity index is 874. The average molecular weight is 451 g/mol. The Morgan fingerprint density at radius 2 is 2.12 bits per heavy atom. The van der Waals surface area contributed by atoms with E-state index in [0.717, 1.165) is 30.5 Å². The lowest BCUT2D eigenvalue weighted by Crippen LogP contribution is -2.16. The molecular formula is C24H28F3NO4. The van der Waals surface area contributed by atoms with Crippen molar-refractivity contribution in [2.45, 2.75) is 44.4 Å². The molecule has 0 fully saturated rings. The maximum atomic E-state index is 12.8. The van der Waals surface area contributed by atoms with E-state index in [9.17, 15) is 27.9 Å². The zero-order valence-electron chi connectivity index (χ0n) is 17.9. The Morgan fingerprint density at radius 3 is 2.84 bits per heavy atom. The van der Waals surface area contributed by atoms with Crippen LogP contribution in [-0.4, -0.2) is 36.6 Å². The lowest BCUT2D eigenvalue weighted by Gasteiger charge is -2.12. The fourth-order valence-electron chi connectivity index (χ4n) is 3.22. The third-order valence-corrected chi connectivity index (χ3v) is 5.01. The van der Waals surface area contributed by atoms with Crippen LogP contribution in [-0.2, 0) is 15.8 Å². The summed E-state index contributed by atoms with van der Waals surface area (Å²) in [6.45, 7) is -0.213. The second-order valence-corrected chi connectivity index (χ2v) is 7.46. The van der Waals surface area contributed by atoms with Gasteiger partial charge in [0.1, 0.15) is 24.2 Å². The number of amides is 1. The van der Waals surface area contributed by atoms with Crippen molar-refractivity contribution in [3.63, 3.8) is 0 Å². The van der Waals surface area contributed by atoms with E-state index in [1.807, 2.05) is 18.2 Å². The van der Waals surface area contributed by atoms with Gasteiger partial charge in [-0.3, -0.25) is 9.59 Å². The number of nitrogens with one attached hydrogen (secondary N) is 1. The van der Waals surface area contributed by atoms with Crippen LogP contribution in [0.15, 0.2) is 60.2 Å². The van der Waals surface area contributed by atoms with Crippen LogP contribution in [0.5, 0.6) is 5.75 Å². The highest BCUT2D eigenvalue weighted by Gasteiger charge is 2.30. The molecule has 8 heteroatoms. The molecule has 1 aromatic carbocycles. The summed E-state index contributed by atoms with van der Waals surface area (Å²) in [4.78, 5) is 23.3. The first kappa shape index (κ1) is 25.4.